The van der Waals surface area contributed by atoms with E-state index >= 15 is 0 Å². The molecule has 0 spiro atoms. The molecule has 2 aromatic rings. The van der Waals surface area contributed by atoms with Crippen LogP contribution in [0.3, 0.4) is 0 Å². The first-order valence-corrected chi connectivity index (χ1v) is 15.4. The zero-order valence-corrected chi connectivity index (χ0v) is 26.9. The van der Waals surface area contributed by atoms with Gasteiger partial charge in [0.15, 0.2) is 5.75 Å². The highest BCUT2D eigenvalue weighted by molar-refractivity contribution is 14.1. The van der Waals surface area contributed by atoms with Crippen molar-refractivity contribution in [2.45, 2.75) is 104 Å². The van der Waals surface area contributed by atoms with E-state index in [-0.39, 0.29) is 29.3 Å². The maximum absolute atomic E-state index is 11.6. The first kappa shape index (κ1) is 33.6. The fourth-order valence-corrected chi connectivity index (χ4v) is 4.94. The van der Waals surface area contributed by atoms with E-state index in [2.05, 4.69) is 24.1 Å². The topological polar surface area (TPSA) is 110 Å². The van der Waals surface area contributed by atoms with E-state index in [4.69, 9.17) is 9.47 Å². The molecule has 9 nitrogen and oxygen atoms in total. The molecule has 0 aromatic heterocycles. The maximum Gasteiger partial charge on any atom is 0.286 e. The number of phenolic OH excluding ortho intramolecular Hbond substituents is 1. The smallest absolute Gasteiger partial charge is 0.286 e. The van der Waals surface area contributed by atoms with Gasteiger partial charge in [-0.3, -0.25) is 10.1 Å². The SMILES string of the molecule is CCCCCC[C@H](C)Oc1cc([N+](=O)[O-])c(I)cc1N=Nc1cc(O[C@@H](C)CCCCCC)c(N(C)C)cc1O. The Morgan fingerprint density at radius 2 is 1.43 bits per heavy atom. The third kappa shape index (κ3) is 10.7. The lowest BCUT2D eigenvalue weighted by atomic mass is 10.1. The Bertz CT molecular complexity index is 1130. The van der Waals surface area contributed by atoms with Crippen LogP contribution in [-0.4, -0.2) is 36.3 Å². The van der Waals surface area contributed by atoms with Crippen molar-refractivity contribution in [1.82, 2.24) is 0 Å². The van der Waals surface area contributed by atoms with Crippen LogP contribution in [0.25, 0.3) is 0 Å². The Morgan fingerprint density at radius 3 is 1.95 bits per heavy atom. The first-order valence-electron chi connectivity index (χ1n) is 14.3. The summed E-state index contributed by atoms with van der Waals surface area (Å²) in [6, 6.07) is 6.29. The molecule has 10 heteroatoms. The minimum Gasteiger partial charge on any atom is -0.506 e. The van der Waals surface area contributed by atoms with Gasteiger partial charge in [0.1, 0.15) is 22.9 Å². The average molecular weight is 669 g/mol. The van der Waals surface area contributed by atoms with Crippen LogP contribution in [0, 0.1) is 13.7 Å². The number of phenols is 1. The van der Waals surface area contributed by atoms with E-state index in [9.17, 15) is 15.2 Å². The van der Waals surface area contributed by atoms with Gasteiger partial charge in [-0.15, -0.1) is 10.2 Å². The van der Waals surface area contributed by atoms with Crippen molar-refractivity contribution in [3.8, 4) is 17.2 Å². The normalized spacial score (nSPS) is 12.9. The molecule has 0 unspecified atom stereocenters. The molecule has 2 aromatic carbocycles. The van der Waals surface area contributed by atoms with Gasteiger partial charge in [-0.05, 0) is 68.2 Å². The Labute approximate surface area is 252 Å². The van der Waals surface area contributed by atoms with Crippen molar-refractivity contribution in [3.05, 3.63) is 37.9 Å². The quantitative estimate of drug-likeness (QED) is 0.0557. The van der Waals surface area contributed by atoms with Crippen LogP contribution < -0.4 is 14.4 Å². The molecule has 0 amide bonds. The summed E-state index contributed by atoms with van der Waals surface area (Å²) in [7, 11) is 3.78. The molecule has 0 aliphatic carbocycles. The van der Waals surface area contributed by atoms with Crippen molar-refractivity contribution < 1.29 is 19.5 Å². The lowest BCUT2D eigenvalue weighted by Crippen LogP contribution is -2.16. The molecule has 0 radical (unpaired) electrons. The molecule has 0 saturated heterocycles. The Balaban J connectivity index is 2.35. The van der Waals surface area contributed by atoms with E-state index in [1.54, 1.807) is 18.2 Å². The number of halogens is 1. The molecule has 1 N–H and O–H groups in total. The zero-order valence-electron chi connectivity index (χ0n) is 24.8. The molecule has 0 aliphatic heterocycles. The number of hydrogen-bond acceptors (Lipinski definition) is 8. The molecule has 0 fully saturated rings. The van der Waals surface area contributed by atoms with Crippen molar-refractivity contribution in [2.24, 2.45) is 10.2 Å². The predicted molar refractivity (Wildman–Crippen MR) is 170 cm³/mol. The number of nitro benzene ring substituents is 1. The summed E-state index contributed by atoms with van der Waals surface area (Å²) in [6.07, 6.45) is 10.7. The summed E-state index contributed by atoms with van der Waals surface area (Å²) in [5, 5.41) is 31.0. The Kier molecular flexibility index (Phi) is 14.5. The average Bonchev–Trinajstić information content (AvgIpc) is 2.90. The molecular formula is C30H45IN4O5. The van der Waals surface area contributed by atoms with Gasteiger partial charge in [-0.2, -0.15) is 0 Å². The van der Waals surface area contributed by atoms with Gasteiger partial charge >= 0.3 is 0 Å². The van der Waals surface area contributed by atoms with Crippen molar-refractivity contribution in [2.75, 3.05) is 19.0 Å². The van der Waals surface area contributed by atoms with Crippen LogP contribution in [0.2, 0.25) is 0 Å². The first-order chi connectivity index (χ1) is 19.1. The van der Waals surface area contributed by atoms with Crippen LogP contribution in [0.5, 0.6) is 17.2 Å². The van der Waals surface area contributed by atoms with E-state index < -0.39 is 4.92 Å². The fourth-order valence-electron chi connectivity index (χ4n) is 4.29. The number of unbranched alkanes of at least 4 members (excludes halogenated alkanes) is 6. The summed E-state index contributed by atoms with van der Waals surface area (Å²) in [6.45, 7) is 8.36. The minimum atomic E-state index is -0.430. The second kappa shape index (κ2) is 17.2. The maximum atomic E-state index is 11.6. The molecule has 222 valence electrons. The number of benzene rings is 2. The highest BCUT2D eigenvalue weighted by Crippen LogP contribution is 2.42. The number of nitro groups is 1. The monoisotopic (exact) mass is 668 g/mol. The third-order valence-electron chi connectivity index (χ3n) is 6.61. The number of nitrogens with zero attached hydrogens (tertiary/aromatic N) is 4. The van der Waals surface area contributed by atoms with Crippen molar-refractivity contribution >= 4 is 45.3 Å². The summed E-state index contributed by atoms with van der Waals surface area (Å²) in [5.74, 6) is 0.856. The highest BCUT2D eigenvalue weighted by atomic mass is 127. The number of rotatable bonds is 18. The van der Waals surface area contributed by atoms with Crippen LogP contribution >= 0.6 is 22.6 Å². The van der Waals surface area contributed by atoms with Crippen molar-refractivity contribution in [3.63, 3.8) is 0 Å². The number of azo groups is 1. The van der Waals surface area contributed by atoms with Gasteiger partial charge in [0, 0.05) is 26.2 Å². The number of hydrogen-bond donors (Lipinski definition) is 1. The predicted octanol–water partition coefficient (Wildman–Crippen LogP) is 9.86. The van der Waals surface area contributed by atoms with Gasteiger partial charge in [-0.25, -0.2) is 0 Å². The summed E-state index contributed by atoms with van der Waals surface area (Å²) in [5.41, 5.74) is 1.29. The Morgan fingerprint density at radius 1 is 0.875 bits per heavy atom. The number of aromatic hydroxyl groups is 1. The van der Waals surface area contributed by atoms with E-state index in [1.807, 2.05) is 55.4 Å². The van der Waals surface area contributed by atoms with E-state index in [0.29, 0.717) is 20.8 Å². The van der Waals surface area contributed by atoms with Gasteiger partial charge in [0.2, 0.25) is 0 Å². The van der Waals surface area contributed by atoms with E-state index in [0.717, 1.165) is 44.2 Å². The van der Waals surface area contributed by atoms with Gasteiger partial charge in [0.25, 0.3) is 5.69 Å². The summed E-state index contributed by atoms with van der Waals surface area (Å²) < 4.78 is 12.8. The number of ether oxygens (including phenoxy) is 2. The minimum absolute atomic E-state index is 0.0000414. The lowest BCUT2D eigenvalue weighted by Gasteiger charge is -2.22. The summed E-state index contributed by atoms with van der Waals surface area (Å²) in [4.78, 5) is 13.0. The molecule has 2 rings (SSSR count). The molecular weight excluding hydrogens is 623 g/mol. The zero-order chi connectivity index (χ0) is 29.7. The van der Waals surface area contributed by atoms with Gasteiger partial charge in [0.05, 0.1) is 32.5 Å². The lowest BCUT2D eigenvalue weighted by molar-refractivity contribution is -0.385. The molecule has 0 saturated carbocycles. The van der Waals surface area contributed by atoms with Crippen LogP contribution in [-0.2, 0) is 0 Å². The third-order valence-corrected chi connectivity index (χ3v) is 7.48. The van der Waals surface area contributed by atoms with Crippen molar-refractivity contribution in [1.29, 1.82) is 0 Å². The van der Waals surface area contributed by atoms with Gasteiger partial charge < -0.3 is 19.5 Å². The molecule has 0 bridgehead atoms. The second-order valence-electron chi connectivity index (χ2n) is 10.5. The second-order valence-corrected chi connectivity index (χ2v) is 11.6. The van der Waals surface area contributed by atoms with Crippen LogP contribution in [0.4, 0.5) is 22.7 Å². The van der Waals surface area contributed by atoms with Gasteiger partial charge in [-0.1, -0.05) is 52.4 Å². The highest BCUT2D eigenvalue weighted by Gasteiger charge is 2.20. The largest absolute Gasteiger partial charge is 0.506 e. The fraction of sp³-hybridized carbons (Fsp3) is 0.600. The van der Waals surface area contributed by atoms with E-state index in [1.165, 1.54) is 31.7 Å². The Hall–Kier alpha value is -2.63. The molecule has 40 heavy (non-hydrogen) atoms. The summed E-state index contributed by atoms with van der Waals surface area (Å²) >= 11 is 1.92. The standard InChI is InChI=1S/C30H45IN4O5/c1-7-9-11-13-15-21(3)39-29-20-26(35(37)38)23(31)17-25(29)33-32-24-18-30(27(34(5)6)19-28(24)36)40-22(4)16-14-12-10-8-2/h17-22,36H,7-16H2,1-6H3/t21-,22-/m0/s1. The molecule has 2 atom stereocenters. The van der Waals surface area contributed by atoms with Crippen LogP contribution in [0.1, 0.15) is 91.9 Å². The molecule has 0 heterocycles. The number of anilines is 1. The molecule has 0 aliphatic rings. The van der Waals surface area contributed by atoms with Crippen LogP contribution in [0.15, 0.2) is 34.5 Å².